The SMILES string of the molecule is CN1CCC(c2ccc(Cl)cc2)C(C(=O)OCCCCCO)C1. The Morgan fingerprint density at radius 1 is 1.30 bits per heavy atom. The molecule has 0 radical (unpaired) electrons. The third-order valence-electron chi connectivity index (χ3n) is 4.46. The van der Waals surface area contributed by atoms with Crippen molar-refractivity contribution in [3.63, 3.8) is 0 Å². The number of hydrogen-bond donors (Lipinski definition) is 1. The Bertz CT molecular complexity index is 492. The molecule has 1 aliphatic rings. The van der Waals surface area contributed by atoms with Gasteiger partial charge in [0.05, 0.1) is 12.5 Å². The first-order chi connectivity index (χ1) is 11.1. The number of benzene rings is 1. The van der Waals surface area contributed by atoms with Crippen molar-refractivity contribution in [2.45, 2.75) is 31.6 Å². The summed E-state index contributed by atoms with van der Waals surface area (Å²) in [6.07, 6.45) is 3.40. The Kier molecular flexibility index (Phi) is 7.34. The second kappa shape index (κ2) is 9.26. The molecule has 1 saturated heterocycles. The van der Waals surface area contributed by atoms with Crippen LogP contribution in [-0.4, -0.2) is 49.3 Å². The highest BCUT2D eigenvalue weighted by Gasteiger charge is 2.35. The predicted octanol–water partition coefficient (Wildman–Crippen LogP) is 3.08. The van der Waals surface area contributed by atoms with Crippen molar-refractivity contribution in [2.24, 2.45) is 5.92 Å². The van der Waals surface area contributed by atoms with Gasteiger partial charge < -0.3 is 14.7 Å². The first kappa shape index (κ1) is 18.2. The van der Waals surface area contributed by atoms with Gasteiger partial charge in [-0.25, -0.2) is 0 Å². The Labute approximate surface area is 143 Å². The lowest BCUT2D eigenvalue weighted by atomic mass is 9.80. The highest BCUT2D eigenvalue weighted by molar-refractivity contribution is 6.30. The van der Waals surface area contributed by atoms with E-state index in [2.05, 4.69) is 4.90 Å². The molecule has 1 aliphatic heterocycles. The van der Waals surface area contributed by atoms with Crippen molar-refractivity contribution in [3.8, 4) is 0 Å². The normalized spacial score (nSPS) is 22.0. The summed E-state index contributed by atoms with van der Waals surface area (Å²) in [5, 5.41) is 9.48. The molecule has 2 rings (SSSR count). The minimum atomic E-state index is -0.132. The molecule has 1 aromatic carbocycles. The number of piperidine rings is 1. The fourth-order valence-corrected chi connectivity index (χ4v) is 3.26. The minimum absolute atomic E-state index is 0.111. The number of carbonyl (C=O) groups excluding carboxylic acids is 1. The topological polar surface area (TPSA) is 49.8 Å². The molecule has 128 valence electrons. The van der Waals surface area contributed by atoms with Gasteiger partial charge in [-0.15, -0.1) is 0 Å². The van der Waals surface area contributed by atoms with E-state index in [-0.39, 0.29) is 24.4 Å². The van der Waals surface area contributed by atoms with Crippen LogP contribution in [0.15, 0.2) is 24.3 Å². The van der Waals surface area contributed by atoms with E-state index < -0.39 is 0 Å². The van der Waals surface area contributed by atoms with Crippen LogP contribution in [0.4, 0.5) is 0 Å². The van der Waals surface area contributed by atoms with Gasteiger partial charge in [-0.05, 0) is 62.9 Å². The maximum Gasteiger partial charge on any atom is 0.310 e. The third kappa shape index (κ3) is 5.48. The first-order valence-corrected chi connectivity index (χ1v) is 8.71. The monoisotopic (exact) mass is 339 g/mol. The molecule has 1 heterocycles. The van der Waals surface area contributed by atoms with E-state index in [4.69, 9.17) is 21.4 Å². The molecular formula is C18H26ClNO3. The number of aliphatic hydroxyl groups excluding tert-OH is 1. The average Bonchev–Trinajstić information content (AvgIpc) is 2.55. The average molecular weight is 340 g/mol. The third-order valence-corrected chi connectivity index (χ3v) is 4.72. The second-order valence-electron chi connectivity index (χ2n) is 6.27. The molecule has 1 fully saturated rings. The lowest BCUT2D eigenvalue weighted by Gasteiger charge is -2.35. The summed E-state index contributed by atoms with van der Waals surface area (Å²) < 4.78 is 5.48. The van der Waals surface area contributed by atoms with Crippen LogP contribution in [0.25, 0.3) is 0 Å². The highest BCUT2D eigenvalue weighted by Crippen LogP contribution is 2.34. The fourth-order valence-electron chi connectivity index (χ4n) is 3.13. The van der Waals surface area contributed by atoms with E-state index in [0.717, 1.165) is 44.3 Å². The Morgan fingerprint density at radius 2 is 2.04 bits per heavy atom. The van der Waals surface area contributed by atoms with Gasteiger partial charge in [0, 0.05) is 18.2 Å². The van der Waals surface area contributed by atoms with Crippen LogP contribution in [0.5, 0.6) is 0 Å². The van der Waals surface area contributed by atoms with Gasteiger partial charge in [-0.3, -0.25) is 4.79 Å². The summed E-state index contributed by atoms with van der Waals surface area (Å²) in [6.45, 7) is 2.34. The number of hydrogen-bond acceptors (Lipinski definition) is 4. The summed E-state index contributed by atoms with van der Waals surface area (Å²) in [6, 6.07) is 7.79. The van der Waals surface area contributed by atoms with E-state index in [1.807, 2.05) is 31.3 Å². The number of rotatable bonds is 7. The predicted molar refractivity (Wildman–Crippen MR) is 91.7 cm³/mol. The molecule has 2 unspecified atom stereocenters. The summed E-state index contributed by atoms with van der Waals surface area (Å²) in [5.41, 5.74) is 1.16. The van der Waals surface area contributed by atoms with Crippen molar-refractivity contribution < 1.29 is 14.6 Å². The van der Waals surface area contributed by atoms with E-state index >= 15 is 0 Å². The minimum Gasteiger partial charge on any atom is -0.465 e. The molecule has 0 aromatic heterocycles. The molecular weight excluding hydrogens is 314 g/mol. The van der Waals surface area contributed by atoms with Crippen LogP contribution in [-0.2, 0) is 9.53 Å². The lowest BCUT2D eigenvalue weighted by molar-refractivity contribution is -0.151. The van der Waals surface area contributed by atoms with Crippen LogP contribution in [0, 0.1) is 5.92 Å². The van der Waals surface area contributed by atoms with Gasteiger partial charge in [-0.2, -0.15) is 0 Å². The number of carbonyl (C=O) groups is 1. The van der Waals surface area contributed by atoms with Crippen molar-refractivity contribution >= 4 is 17.6 Å². The standard InChI is InChI=1S/C18H26ClNO3/c1-20-10-9-16(14-5-7-15(19)8-6-14)17(13-20)18(22)23-12-4-2-3-11-21/h5-8,16-17,21H,2-4,9-13H2,1H3. The molecule has 0 bridgehead atoms. The molecule has 0 spiro atoms. The molecule has 4 nitrogen and oxygen atoms in total. The van der Waals surface area contributed by atoms with E-state index in [9.17, 15) is 4.79 Å². The largest absolute Gasteiger partial charge is 0.465 e. The molecule has 5 heteroatoms. The van der Waals surface area contributed by atoms with Crippen LogP contribution in [0.3, 0.4) is 0 Å². The molecule has 0 aliphatic carbocycles. The molecule has 23 heavy (non-hydrogen) atoms. The molecule has 0 amide bonds. The van der Waals surface area contributed by atoms with Gasteiger partial charge in [0.2, 0.25) is 0 Å². The van der Waals surface area contributed by atoms with Gasteiger partial charge in [0.15, 0.2) is 0 Å². The number of aliphatic hydroxyl groups is 1. The number of nitrogens with zero attached hydrogens (tertiary/aromatic N) is 1. The molecule has 0 saturated carbocycles. The van der Waals surface area contributed by atoms with Crippen molar-refractivity contribution in [3.05, 3.63) is 34.9 Å². The molecule has 2 atom stereocenters. The van der Waals surface area contributed by atoms with Crippen LogP contribution in [0.2, 0.25) is 5.02 Å². The number of halogens is 1. The zero-order valence-corrected chi connectivity index (χ0v) is 14.5. The van der Waals surface area contributed by atoms with Crippen LogP contribution >= 0.6 is 11.6 Å². The smallest absolute Gasteiger partial charge is 0.310 e. The Morgan fingerprint density at radius 3 is 2.74 bits per heavy atom. The van der Waals surface area contributed by atoms with E-state index in [0.29, 0.717) is 11.6 Å². The van der Waals surface area contributed by atoms with Crippen molar-refractivity contribution in [1.29, 1.82) is 0 Å². The summed E-state index contributed by atoms with van der Waals surface area (Å²) in [5.74, 6) is -0.0540. The second-order valence-corrected chi connectivity index (χ2v) is 6.70. The maximum atomic E-state index is 12.5. The fraction of sp³-hybridized carbons (Fsp3) is 0.611. The van der Waals surface area contributed by atoms with Gasteiger partial charge in [0.25, 0.3) is 0 Å². The summed E-state index contributed by atoms with van der Waals surface area (Å²) in [7, 11) is 2.04. The number of esters is 1. The zero-order valence-electron chi connectivity index (χ0n) is 13.7. The highest BCUT2D eigenvalue weighted by atomic mass is 35.5. The van der Waals surface area contributed by atoms with E-state index in [1.54, 1.807) is 0 Å². The number of likely N-dealkylation sites (tertiary alicyclic amines) is 1. The maximum absolute atomic E-state index is 12.5. The van der Waals surface area contributed by atoms with Crippen molar-refractivity contribution in [2.75, 3.05) is 33.4 Å². The summed E-state index contributed by atoms with van der Waals surface area (Å²) in [4.78, 5) is 14.7. The summed E-state index contributed by atoms with van der Waals surface area (Å²) >= 11 is 5.97. The van der Waals surface area contributed by atoms with E-state index in [1.165, 1.54) is 0 Å². The lowest BCUT2D eigenvalue weighted by Crippen LogP contribution is -2.41. The quantitative estimate of drug-likeness (QED) is 0.612. The first-order valence-electron chi connectivity index (χ1n) is 8.33. The Hall–Kier alpha value is -1.10. The molecule has 1 N–H and O–H groups in total. The van der Waals surface area contributed by atoms with Crippen molar-refractivity contribution in [1.82, 2.24) is 4.90 Å². The van der Waals surface area contributed by atoms with Crippen LogP contribution < -0.4 is 0 Å². The number of unbranched alkanes of at least 4 members (excludes halogenated alkanes) is 2. The Balaban J connectivity index is 1.96. The number of ether oxygens (including phenoxy) is 1. The molecule has 1 aromatic rings. The zero-order chi connectivity index (χ0) is 16.7. The van der Waals surface area contributed by atoms with Gasteiger partial charge in [-0.1, -0.05) is 23.7 Å². The van der Waals surface area contributed by atoms with Gasteiger partial charge >= 0.3 is 5.97 Å². The van der Waals surface area contributed by atoms with Gasteiger partial charge in [0.1, 0.15) is 0 Å². The van der Waals surface area contributed by atoms with Crippen LogP contribution in [0.1, 0.15) is 37.2 Å².